The number of carbonyl (C=O) groups excluding carboxylic acids is 1. The van der Waals surface area contributed by atoms with Crippen LogP contribution in [0.3, 0.4) is 0 Å². The van der Waals surface area contributed by atoms with Gasteiger partial charge in [-0.15, -0.1) is 0 Å². The molecule has 0 saturated carbocycles. The van der Waals surface area contributed by atoms with Gasteiger partial charge in [0, 0.05) is 22.7 Å². The maximum atomic E-state index is 13.0. The van der Waals surface area contributed by atoms with Crippen LogP contribution in [0.4, 0.5) is 8.78 Å². The fourth-order valence-electron chi connectivity index (χ4n) is 1.83. The van der Waals surface area contributed by atoms with Crippen molar-refractivity contribution in [3.63, 3.8) is 0 Å². The van der Waals surface area contributed by atoms with Crippen molar-refractivity contribution in [1.82, 2.24) is 5.32 Å². The van der Waals surface area contributed by atoms with Crippen LogP contribution in [-0.4, -0.2) is 19.1 Å². The van der Waals surface area contributed by atoms with Crippen LogP contribution in [0.2, 0.25) is 10.0 Å². The Labute approximate surface area is 142 Å². The van der Waals surface area contributed by atoms with E-state index in [2.05, 4.69) is 5.32 Å². The Morgan fingerprint density at radius 1 is 1.09 bits per heavy atom. The van der Waals surface area contributed by atoms with E-state index in [1.807, 2.05) is 0 Å². The van der Waals surface area contributed by atoms with E-state index in [1.165, 1.54) is 6.07 Å². The molecule has 0 aliphatic heterocycles. The lowest BCUT2D eigenvalue weighted by atomic mass is 10.1. The Morgan fingerprint density at radius 3 is 2.57 bits per heavy atom. The monoisotopic (exact) mass is 359 g/mol. The second kappa shape index (κ2) is 8.13. The highest BCUT2D eigenvalue weighted by Gasteiger charge is 2.07. The number of ether oxygens (including phenoxy) is 1. The molecule has 0 aliphatic rings. The third-order valence-corrected chi connectivity index (χ3v) is 3.58. The molecule has 2 aromatic rings. The standard InChI is InChI=1S/C16H13Cl2F2NO2/c17-11-2-1-10(13(18)7-11)5-6-21-16(22)9-23-12-3-4-14(19)15(20)8-12/h1-4,7-8H,5-6,9H2,(H,21,22). The van der Waals surface area contributed by atoms with Crippen molar-refractivity contribution in [2.75, 3.05) is 13.2 Å². The van der Waals surface area contributed by atoms with Gasteiger partial charge in [0.15, 0.2) is 18.2 Å². The molecule has 1 amide bonds. The highest BCUT2D eigenvalue weighted by molar-refractivity contribution is 6.35. The maximum Gasteiger partial charge on any atom is 0.257 e. The quantitative estimate of drug-likeness (QED) is 0.846. The third kappa shape index (κ3) is 5.37. The minimum atomic E-state index is -1.03. The van der Waals surface area contributed by atoms with Crippen LogP contribution in [0.5, 0.6) is 5.75 Å². The normalized spacial score (nSPS) is 10.4. The molecule has 0 atom stereocenters. The molecular formula is C16H13Cl2F2NO2. The molecule has 0 unspecified atom stereocenters. The molecule has 7 heteroatoms. The molecular weight excluding hydrogens is 347 g/mol. The average Bonchev–Trinajstić information content (AvgIpc) is 2.50. The molecule has 3 nitrogen and oxygen atoms in total. The highest BCUT2D eigenvalue weighted by Crippen LogP contribution is 2.21. The van der Waals surface area contributed by atoms with Crippen molar-refractivity contribution in [2.45, 2.75) is 6.42 Å². The molecule has 2 rings (SSSR count). The summed E-state index contributed by atoms with van der Waals surface area (Å²) in [5.41, 5.74) is 0.859. The molecule has 0 fully saturated rings. The largest absolute Gasteiger partial charge is 0.484 e. The van der Waals surface area contributed by atoms with E-state index in [9.17, 15) is 13.6 Å². The number of hydrogen-bond acceptors (Lipinski definition) is 2. The van der Waals surface area contributed by atoms with E-state index >= 15 is 0 Å². The first kappa shape index (κ1) is 17.5. The fourth-order valence-corrected chi connectivity index (χ4v) is 2.33. The van der Waals surface area contributed by atoms with Crippen LogP contribution in [0.25, 0.3) is 0 Å². The maximum absolute atomic E-state index is 13.0. The first-order valence-electron chi connectivity index (χ1n) is 6.74. The number of carbonyl (C=O) groups is 1. The summed E-state index contributed by atoms with van der Waals surface area (Å²) in [6, 6.07) is 8.21. The predicted octanol–water partition coefficient (Wildman–Crippen LogP) is 4.01. The zero-order valence-corrected chi connectivity index (χ0v) is 13.4. The van der Waals surface area contributed by atoms with Gasteiger partial charge in [-0.25, -0.2) is 8.78 Å². The van der Waals surface area contributed by atoms with Gasteiger partial charge < -0.3 is 10.1 Å². The van der Waals surface area contributed by atoms with E-state index in [0.29, 0.717) is 23.0 Å². The van der Waals surface area contributed by atoms with Crippen molar-refractivity contribution in [2.24, 2.45) is 0 Å². The Bertz CT molecular complexity index is 710. The van der Waals surface area contributed by atoms with E-state index < -0.39 is 11.6 Å². The predicted molar refractivity (Wildman–Crippen MR) is 85.0 cm³/mol. The van der Waals surface area contributed by atoms with Gasteiger partial charge in [0.25, 0.3) is 5.91 Å². The summed E-state index contributed by atoms with van der Waals surface area (Å²) in [5, 5.41) is 3.72. The second-order valence-corrected chi connectivity index (χ2v) is 5.54. The van der Waals surface area contributed by atoms with Gasteiger partial charge in [-0.2, -0.15) is 0 Å². The summed E-state index contributed by atoms with van der Waals surface area (Å²) < 4.78 is 30.8. The molecule has 2 aromatic carbocycles. The number of benzene rings is 2. The minimum absolute atomic E-state index is 0.0831. The Hall–Kier alpha value is -1.85. The first-order valence-corrected chi connectivity index (χ1v) is 7.50. The summed E-state index contributed by atoms with van der Waals surface area (Å²) in [6.45, 7) is 0.0702. The highest BCUT2D eigenvalue weighted by atomic mass is 35.5. The SMILES string of the molecule is O=C(COc1ccc(F)c(F)c1)NCCc1ccc(Cl)cc1Cl. The molecule has 0 heterocycles. The van der Waals surface area contributed by atoms with Crippen LogP contribution < -0.4 is 10.1 Å². The molecule has 0 bridgehead atoms. The van der Waals surface area contributed by atoms with Gasteiger partial charge in [-0.3, -0.25) is 4.79 Å². The lowest BCUT2D eigenvalue weighted by molar-refractivity contribution is -0.123. The number of amides is 1. The zero-order chi connectivity index (χ0) is 16.8. The van der Waals surface area contributed by atoms with Crippen molar-refractivity contribution in [3.05, 3.63) is 63.6 Å². The van der Waals surface area contributed by atoms with Crippen LogP contribution in [0, 0.1) is 11.6 Å². The number of nitrogens with one attached hydrogen (secondary N) is 1. The van der Waals surface area contributed by atoms with Crippen molar-refractivity contribution >= 4 is 29.1 Å². The number of hydrogen-bond donors (Lipinski definition) is 1. The van der Waals surface area contributed by atoms with Crippen molar-refractivity contribution < 1.29 is 18.3 Å². The molecule has 0 radical (unpaired) electrons. The molecule has 1 N–H and O–H groups in total. The van der Waals surface area contributed by atoms with Crippen LogP contribution in [0.15, 0.2) is 36.4 Å². The number of rotatable bonds is 6. The Morgan fingerprint density at radius 2 is 1.87 bits per heavy atom. The van der Waals surface area contributed by atoms with Crippen LogP contribution >= 0.6 is 23.2 Å². The summed E-state index contributed by atoms with van der Waals surface area (Å²) in [6.07, 6.45) is 0.535. The number of halogens is 4. The van der Waals surface area contributed by atoms with Crippen LogP contribution in [-0.2, 0) is 11.2 Å². The van der Waals surface area contributed by atoms with Gasteiger partial charge in [-0.1, -0.05) is 29.3 Å². The first-order chi connectivity index (χ1) is 11.0. The Kier molecular flexibility index (Phi) is 6.19. The Balaban J connectivity index is 1.75. The summed E-state index contributed by atoms with van der Waals surface area (Å²) in [5.74, 6) is -2.29. The van der Waals surface area contributed by atoms with Gasteiger partial charge in [0.05, 0.1) is 0 Å². The minimum Gasteiger partial charge on any atom is -0.484 e. The lowest BCUT2D eigenvalue weighted by Gasteiger charge is -2.09. The molecule has 0 spiro atoms. The molecule has 0 aliphatic carbocycles. The molecule has 0 aromatic heterocycles. The second-order valence-electron chi connectivity index (χ2n) is 4.70. The van der Waals surface area contributed by atoms with Crippen molar-refractivity contribution in [3.8, 4) is 5.75 Å². The van der Waals surface area contributed by atoms with E-state index in [-0.39, 0.29) is 18.3 Å². The topological polar surface area (TPSA) is 38.3 Å². The lowest BCUT2D eigenvalue weighted by Crippen LogP contribution is -2.30. The van der Waals surface area contributed by atoms with Gasteiger partial charge >= 0.3 is 0 Å². The fraction of sp³-hybridized carbons (Fsp3) is 0.188. The molecule has 0 saturated heterocycles. The summed E-state index contributed by atoms with van der Waals surface area (Å²) in [7, 11) is 0. The van der Waals surface area contributed by atoms with E-state index in [1.54, 1.807) is 18.2 Å². The zero-order valence-electron chi connectivity index (χ0n) is 11.9. The van der Waals surface area contributed by atoms with Crippen LogP contribution in [0.1, 0.15) is 5.56 Å². The van der Waals surface area contributed by atoms with Crippen molar-refractivity contribution in [1.29, 1.82) is 0 Å². The third-order valence-electron chi connectivity index (χ3n) is 2.99. The van der Waals surface area contributed by atoms with Gasteiger partial charge in [-0.05, 0) is 36.2 Å². The summed E-state index contributed by atoms with van der Waals surface area (Å²) >= 11 is 11.8. The van der Waals surface area contributed by atoms with E-state index in [0.717, 1.165) is 17.7 Å². The molecule has 23 heavy (non-hydrogen) atoms. The smallest absolute Gasteiger partial charge is 0.257 e. The van der Waals surface area contributed by atoms with E-state index in [4.69, 9.17) is 27.9 Å². The summed E-state index contributed by atoms with van der Waals surface area (Å²) in [4.78, 5) is 11.6. The average molecular weight is 360 g/mol. The van der Waals surface area contributed by atoms with Gasteiger partial charge in [0.1, 0.15) is 5.75 Å². The molecule has 122 valence electrons. The van der Waals surface area contributed by atoms with Gasteiger partial charge in [0.2, 0.25) is 0 Å².